The molecule has 0 aromatic carbocycles. The van der Waals surface area contributed by atoms with E-state index in [1.807, 2.05) is 0 Å². The maximum atomic E-state index is 3.00. The van der Waals surface area contributed by atoms with Crippen molar-refractivity contribution in [1.82, 2.24) is 0 Å². The minimum Gasteiger partial charge on any atom is -0.106 e. The smallest absolute Gasteiger partial charge is 0.0158 e. The van der Waals surface area contributed by atoms with Crippen LogP contribution in [0, 0.1) is 0 Å². The van der Waals surface area contributed by atoms with Crippen molar-refractivity contribution in [2.45, 2.75) is 40.5 Å². The second-order valence-corrected chi connectivity index (χ2v) is 3.17. The van der Waals surface area contributed by atoms with Gasteiger partial charge in [0.1, 0.15) is 0 Å². The highest BCUT2D eigenvalue weighted by molar-refractivity contribution is 5.29. The molecule has 0 heterocycles. The Morgan fingerprint density at radius 3 is 1.57 bits per heavy atom. The Kier molecular flexibility index (Phi) is 13.2. The van der Waals surface area contributed by atoms with Gasteiger partial charge in [-0.25, -0.2) is 0 Å². The maximum Gasteiger partial charge on any atom is -0.0158 e. The Labute approximate surface area is 89.7 Å². The van der Waals surface area contributed by atoms with Crippen molar-refractivity contribution in [1.29, 1.82) is 0 Å². The Morgan fingerprint density at radius 1 is 1.00 bits per heavy atom. The van der Waals surface area contributed by atoms with Gasteiger partial charge in [-0.3, -0.25) is 0 Å². The van der Waals surface area contributed by atoms with Gasteiger partial charge in [0.25, 0.3) is 0 Å². The molecule has 0 aromatic rings. The van der Waals surface area contributed by atoms with Crippen molar-refractivity contribution < 1.29 is 0 Å². The van der Waals surface area contributed by atoms with Crippen molar-refractivity contribution >= 4 is 0 Å². The summed E-state index contributed by atoms with van der Waals surface area (Å²) in [5.41, 5.74) is 2.73. The molecule has 0 saturated heterocycles. The molecule has 0 aliphatic heterocycles. The van der Waals surface area contributed by atoms with E-state index in [0.717, 1.165) is 6.42 Å². The molecule has 80 valence electrons. The van der Waals surface area contributed by atoms with E-state index in [-0.39, 0.29) is 0 Å². The van der Waals surface area contributed by atoms with Gasteiger partial charge in [-0.1, -0.05) is 55.7 Å². The lowest BCUT2D eigenvalue weighted by Gasteiger charge is -1.83. The van der Waals surface area contributed by atoms with Crippen LogP contribution in [0.3, 0.4) is 0 Å². The molecular weight excluding hydrogens is 168 g/mol. The van der Waals surface area contributed by atoms with Gasteiger partial charge in [-0.2, -0.15) is 0 Å². The van der Waals surface area contributed by atoms with E-state index in [9.17, 15) is 0 Å². The summed E-state index contributed by atoms with van der Waals surface area (Å²) in [6.07, 6.45) is 11.1. The molecule has 1 rings (SSSR count). The van der Waals surface area contributed by atoms with Gasteiger partial charge < -0.3 is 0 Å². The molecule has 0 nitrogen and oxygen atoms in total. The third kappa shape index (κ3) is 11.0. The largest absolute Gasteiger partial charge is 0.106 e. The predicted octanol–water partition coefficient (Wildman–Crippen LogP) is 5.06. The van der Waals surface area contributed by atoms with Gasteiger partial charge in [0, 0.05) is 0 Å². The molecule has 0 heteroatoms. The topological polar surface area (TPSA) is 0 Å². The van der Waals surface area contributed by atoms with Crippen molar-refractivity contribution in [3.8, 4) is 0 Å². The van der Waals surface area contributed by atoms with Crippen LogP contribution in [-0.4, -0.2) is 0 Å². The molecule has 0 atom stereocenters. The molecule has 0 unspecified atom stereocenters. The average molecular weight is 192 g/mol. The Hall–Kier alpha value is -1.04. The molecule has 1 aliphatic carbocycles. The zero-order valence-corrected chi connectivity index (χ0v) is 10.1. The van der Waals surface area contributed by atoms with Gasteiger partial charge in [0.2, 0.25) is 0 Å². The summed E-state index contributed by atoms with van der Waals surface area (Å²) in [6.45, 7) is 14.5. The molecule has 0 saturated carbocycles. The Balaban J connectivity index is 0. The highest BCUT2D eigenvalue weighted by Gasteiger charge is 1.87. The fraction of sp³-hybridized carbons (Fsp3) is 0.429. The van der Waals surface area contributed by atoms with Crippen LogP contribution < -0.4 is 0 Å². The van der Waals surface area contributed by atoms with Crippen LogP contribution in [0.4, 0.5) is 0 Å². The molecule has 0 radical (unpaired) electrons. The average Bonchev–Trinajstić information content (AvgIpc) is 2.36. The van der Waals surface area contributed by atoms with Crippen LogP contribution in [0.2, 0.25) is 0 Å². The van der Waals surface area contributed by atoms with Gasteiger partial charge in [0.05, 0.1) is 0 Å². The third-order valence-electron chi connectivity index (χ3n) is 1.49. The number of hydrogen-bond acceptors (Lipinski definition) is 0. The second-order valence-electron chi connectivity index (χ2n) is 3.17. The van der Waals surface area contributed by atoms with Gasteiger partial charge >= 0.3 is 0 Å². The highest BCUT2D eigenvalue weighted by atomic mass is 13.9. The summed E-state index contributed by atoms with van der Waals surface area (Å²) in [5, 5.41) is 0. The molecule has 0 amide bonds. The lowest BCUT2D eigenvalue weighted by Crippen LogP contribution is -1.62. The summed E-state index contributed by atoms with van der Waals surface area (Å²) in [4.78, 5) is 0. The minimum absolute atomic E-state index is 1.09. The van der Waals surface area contributed by atoms with Crippen LogP contribution in [0.15, 0.2) is 48.6 Å². The first-order valence-electron chi connectivity index (χ1n) is 5.22. The SMILES string of the molecule is C=C.CC1=CCC=C(C)C=C1.CCC. The van der Waals surface area contributed by atoms with Crippen LogP contribution >= 0.6 is 0 Å². The molecule has 0 spiro atoms. The van der Waals surface area contributed by atoms with Gasteiger partial charge in [-0.15, -0.1) is 13.2 Å². The fourth-order valence-electron chi connectivity index (χ4n) is 0.830. The molecule has 0 N–H and O–H groups in total. The van der Waals surface area contributed by atoms with Gasteiger partial charge in [-0.05, 0) is 20.3 Å². The maximum absolute atomic E-state index is 3.00. The third-order valence-corrected chi connectivity index (χ3v) is 1.49. The van der Waals surface area contributed by atoms with E-state index < -0.39 is 0 Å². The van der Waals surface area contributed by atoms with E-state index >= 15 is 0 Å². The summed E-state index contributed by atoms with van der Waals surface area (Å²) >= 11 is 0. The van der Waals surface area contributed by atoms with Gasteiger partial charge in [0.15, 0.2) is 0 Å². The monoisotopic (exact) mass is 192 g/mol. The van der Waals surface area contributed by atoms with Crippen molar-refractivity contribution in [2.75, 3.05) is 0 Å². The normalized spacial score (nSPS) is 13.4. The molecule has 14 heavy (non-hydrogen) atoms. The van der Waals surface area contributed by atoms with Crippen molar-refractivity contribution in [3.63, 3.8) is 0 Å². The first-order valence-corrected chi connectivity index (χ1v) is 5.22. The van der Waals surface area contributed by atoms with Crippen molar-refractivity contribution in [2.24, 2.45) is 0 Å². The summed E-state index contributed by atoms with van der Waals surface area (Å²) in [6, 6.07) is 0. The second kappa shape index (κ2) is 12.0. The zero-order valence-electron chi connectivity index (χ0n) is 10.1. The standard InChI is InChI=1S/C9H12.C3H8.C2H4/c1-8-4-3-5-9(2)7-6-8;1-3-2;1-2/h4-7H,3H2,1-2H3;3H2,1-2H3;1-2H2. The number of allylic oxidation sites excluding steroid dienone is 6. The van der Waals surface area contributed by atoms with Crippen LogP contribution in [0.1, 0.15) is 40.5 Å². The molecule has 0 fully saturated rings. The predicted molar refractivity (Wildman–Crippen MR) is 68.5 cm³/mol. The molecule has 0 bridgehead atoms. The summed E-state index contributed by atoms with van der Waals surface area (Å²) in [7, 11) is 0. The van der Waals surface area contributed by atoms with E-state index in [0.29, 0.717) is 0 Å². The first-order chi connectivity index (χ1) is 6.70. The highest BCUT2D eigenvalue weighted by Crippen LogP contribution is 2.08. The summed E-state index contributed by atoms with van der Waals surface area (Å²) in [5.74, 6) is 0. The fourth-order valence-corrected chi connectivity index (χ4v) is 0.830. The molecular formula is C14H24. The quantitative estimate of drug-likeness (QED) is 0.471. The van der Waals surface area contributed by atoms with Crippen LogP contribution in [-0.2, 0) is 0 Å². The van der Waals surface area contributed by atoms with Crippen LogP contribution in [0.5, 0.6) is 0 Å². The van der Waals surface area contributed by atoms with E-state index in [1.165, 1.54) is 17.6 Å². The van der Waals surface area contributed by atoms with Crippen LogP contribution in [0.25, 0.3) is 0 Å². The number of hydrogen-bond donors (Lipinski definition) is 0. The van der Waals surface area contributed by atoms with E-state index in [2.05, 4.69) is 65.2 Å². The molecule has 1 aliphatic rings. The first kappa shape index (κ1) is 15.4. The number of rotatable bonds is 0. The lowest BCUT2D eigenvalue weighted by molar-refractivity contribution is 1.09. The van der Waals surface area contributed by atoms with Crippen molar-refractivity contribution in [3.05, 3.63) is 48.6 Å². The summed E-state index contributed by atoms with van der Waals surface area (Å²) < 4.78 is 0. The Bertz CT molecular complexity index is 184. The zero-order chi connectivity index (χ0) is 11.4. The lowest BCUT2D eigenvalue weighted by atomic mass is 10.2. The van der Waals surface area contributed by atoms with E-state index in [4.69, 9.17) is 0 Å². The Morgan fingerprint density at radius 2 is 1.29 bits per heavy atom. The van der Waals surface area contributed by atoms with E-state index in [1.54, 1.807) is 0 Å². The minimum atomic E-state index is 1.09. The molecule has 0 aromatic heterocycles.